The number of benzene rings is 1. The van der Waals surface area contributed by atoms with E-state index in [9.17, 15) is 9.59 Å². The van der Waals surface area contributed by atoms with Crippen molar-refractivity contribution in [3.8, 4) is 0 Å². The highest BCUT2D eigenvalue weighted by molar-refractivity contribution is 7.99. The van der Waals surface area contributed by atoms with E-state index < -0.39 is 12.1 Å². The van der Waals surface area contributed by atoms with E-state index in [4.69, 9.17) is 4.74 Å². The van der Waals surface area contributed by atoms with Gasteiger partial charge in [-0.2, -0.15) is 0 Å². The lowest BCUT2D eigenvalue weighted by Crippen LogP contribution is -2.35. The molecule has 1 heterocycles. The van der Waals surface area contributed by atoms with E-state index >= 15 is 0 Å². The quantitative estimate of drug-likeness (QED) is 0.524. The molecule has 1 atom stereocenters. The van der Waals surface area contributed by atoms with E-state index in [0.29, 0.717) is 24.2 Å². The van der Waals surface area contributed by atoms with Gasteiger partial charge in [0.2, 0.25) is 0 Å². The Labute approximate surface area is 162 Å². The molecule has 1 amide bonds. The Morgan fingerprint density at radius 3 is 2.70 bits per heavy atom. The molecule has 0 bridgehead atoms. The molecule has 144 valence electrons. The van der Waals surface area contributed by atoms with Crippen molar-refractivity contribution in [2.24, 2.45) is 0 Å². The maximum absolute atomic E-state index is 12.1. The first-order valence-corrected chi connectivity index (χ1v) is 10.1. The molecule has 2 aromatic rings. The van der Waals surface area contributed by atoms with Gasteiger partial charge in [0.1, 0.15) is 5.82 Å². The molecule has 27 heavy (non-hydrogen) atoms. The van der Waals surface area contributed by atoms with Gasteiger partial charge in [-0.05, 0) is 32.3 Å². The summed E-state index contributed by atoms with van der Waals surface area (Å²) in [5.41, 5.74) is 1.16. The second-order valence-electron chi connectivity index (χ2n) is 6.50. The lowest BCUT2D eigenvalue weighted by atomic mass is 10.2. The fraction of sp³-hybridized carbons (Fsp3) is 0.474. The van der Waals surface area contributed by atoms with E-state index in [0.717, 1.165) is 24.2 Å². The van der Waals surface area contributed by atoms with Crippen LogP contribution in [0.25, 0.3) is 0 Å². The lowest BCUT2D eigenvalue weighted by molar-refractivity contribution is -0.152. The standard InChI is InChI=1S/C19H24N4O3S/c1-3-20-18(25)13(2)26-16(24)12-27-19-22-21-17(15-9-10-15)23(19)11-14-7-5-4-6-8-14/h4-8,13,15H,3,9-12H2,1-2H3,(H,20,25)/t13-/m1/s1. The van der Waals surface area contributed by atoms with Crippen LogP contribution in [0.5, 0.6) is 0 Å². The summed E-state index contributed by atoms with van der Waals surface area (Å²) in [6, 6.07) is 10.1. The number of aromatic nitrogens is 3. The fourth-order valence-corrected chi connectivity index (χ4v) is 3.42. The second-order valence-corrected chi connectivity index (χ2v) is 7.44. The Bertz CT molecular complexity index is 790. The van der Waals surface area contributed by atoms with Gasteiger partial charge >= 0.3 is 5.97 Å². The minimum absolute atomic E-state index is 0.0847. The Morgan fingerprint density at radius 1 is 1.30 bits per heavy atom. The highest BCUT2D eigenvalue weighted by atomic mass is 32.2. The predicted molar refractivity (Wildman–Crippen MR) is 103 cm³/mol. The highest BCUT2D eigenvalue weighted by Crippen LogP contribution is 2.40. The average Bonchev–Trinajstić information content (AvgIpc) is 3.43. The minimum atomic E-state index is -0.803. The number of likely N-dealkylation sites (N-methyl/N-ethyl adjacent to an activating group) is 1. The van der Waals surface area contributed by atoms with Gasteiger partial charge in [-0.15, -0.1) is 10.2 Å². The van der Waals surface area contributed by atoms with E-state index in [-0.39, 0.29) is 11.7 Å². The number of hydrogen-bond donors (Lipinski definition) is 1. The van der Waals surface area contributed by atoms with Gasteiger partial charge in [0, 0.05) is 12.5 Å². The third kappa shape index (κ3) is 5.32. The number of carbonyl (C=O) groups excluding carboxylic acids is 2. The molecule has 0 radical (unpaired) electrons. The second kappa shape index (κ2) is 9.03. The van der Waals surface area contributed by atoms with Crippen LogP contribution in [0.2, 0.25) is 0 Å². The Kier molecular flexibility index (Phi) is 6.49. The van der Waals surface area contributed by atoms with Gasteiger partial charge in [0.15, 0.2) is 11.3 Å². The summed E-state index contributed by atoms with van der Waals surface area (Å²) in [5, 5.41) is 12.0. The zero-order valence-corrected chi connectivity index (χ0v) is 16.4. The first-order chi connectivity index (χ1) is 13.1. The molecule has 0 unspecified atom stereocenters. The number of hydrogen-bond acceptors (Lipinski definition) is 6. The van der Waals surface area contributed by atoms with Crippen LogP contribution in [-0.2, 0) is 20.9 Å². The molecule has 1 aromatic heterocycles. The molecule has 1 aromatic carbocycles. The van der Waals surface area contributed by atoms with Gasteiger partial charge in [-0.3, -0.25) is 9.59 Å². The fourth-order valence-electron chi connectivity index (χ4n) is 2.69. The van der Waals surface area contributed by atoms with Gasteiger partial charge < -0.3 is 14.6 Å². The van der Waals surface area contributed by atoms with Crippen molar-refractivity contribution in [1.82, 2.24) is 20.1 Å². The number of thioether (sulfide) groups is 1. The van der Waals surface area contributed by atoms with Crippen LogP contribution in [0.4, 0.5) is 0 Å². The van der Waals surface area contributed by atoms with Crippen LogP contribution in [-0.4, -0.2) is 45.0 Å². The van der Waals surface area contributed by atoms with Gasteiger partial charge in [0.25, 0.3) is 5.91 Å². The third-order valence-corrected chi connectivity index (χ3v) is 5.16. The zero-order valence-electron chi connectivity index (χ0n) is 15.6. The molecule has 7 nitrogen and oxygen atoms in total. The lowest BCUT2D eigenvalue weighted by Gasteiger charge is -2.13. The summed E-state index contributed by atoms with van der Waals surface area (Å²) in [5.74, 6) is 0.784. The summed E-state index contributed by atoms with van der Waals surface area (Å²) in [6.45, 7) is 4.56. The van der Waals surface area contributed by atoms with Gasteiger partial charge in [-0.25, -0.2) is 0 Å². The van der Waals surface area contributed by atoms with Gasteiger partial charge in [0.05, 0.1) is 12.3 Å². The minimum Gasteiger partial charge on any atom is -0.452 e. The Morgan fingerprint density at radius 2 is 2.04 bits per heavy atom. The number of esters is 1. The van der Waals surface area contributed by atoms with E-state index in [2.05, 4.69) is 32.2 Å². The van der Waals surface area contributed by atoms with E-state index in [1.165, 1.54) is 11.8 Å². The molecular formula is C19H24N4O3S. The van der Waals surface area contributed by atoms with Crippen molar-refractivity contribution in [3.63, 3.8) is 0 Å². The predicted octanol–water partition coefficient (Wildman–Crippen LogP) is 2.36. The van der Waals surface area contributed by atoms with Crippen molar-refractivity contribution in [1.29, 1.82) is 0 Å². The summed E-state index contributed by atoms with van der Waals surface area (Å²) >= 11 is 1.29. The van der Waals surface area contributed by atoms with Crippen LogP contribution < -0.4 is 5.32 Å². The molecule has 1 aliphatic carbocycles. The van der Waals surface area contributed by atoms with Crippen LogP contribution in [0, 0.1) is 0 Å². The van der Waals surface area contributed by atoms with E-state index in [1.54, 1.807) is 6.92 Å². The molecule has 1 aliphatic rings. The SMILES string of the molecule is CCNC(=O)[C@@H](C)OC(=O)CSc1nnc(C2CC2)n1Cc1ccccc1. The molecule has 1 N–H and O–H groups in total. The van der Waals surface area contributed by atoms with Crippen LogP contribution in [0.1, 0.15) is 44.0 Å². The number of nitrogens with zero attached hydrogens (tertiary/aromatic N) is 3. The van der Waals surface area contributed by atoms with Crippen molar-refractivity contribution in [3.05, 3.63) is 41.7 Å². The number of carbonyl (C=O) groups is 2. The van der Waals surface area contributed by atoms with Crippen molar-refractivity contribution in [2.45, 2.75) is 50.4 Å². The van der Waals surface area contributed by atoms with Crippen molar-refractivity contribution < 1.29 is 14.3 Å². The van der Waals surface area contributed by atoms with Crippen LogP contribution in [0.3, 0.4) is 0 Å². The highest BCUT2D eigenvalue weighted by Gasteiger charge is 2.30. The topological polar surface area (TPSA) is 86.1 Å². The molecule has 0 spiro atoms. The van der Waals surface area contributed by atoms with Crippen molar-refractivity contribution in [2.75, 3.05) is 12.3 Å². The molecule has 8 heteroatoms. The largest absolute Gasteiger partial charge is 0.452 e. The number of nitrogens with one attached hydrogen (secondary N) is 1. The number of ether oxygens (including phenoxy) is 1. The monoisotopic (exact) mass is 388 g/mol. The average molecular weight is 388 g/mol. The number of rotatable bonds is 9. The normalized spacial score (nSPS) is 14.6. The number of amides is 1. The molecule has 0 saturated heterocycles. The maximum Gasteiger partial charge on any atom is 0.317 e. The first-order valence-electron chi connectivity index (χ1n) is 9.15. The van der Waals surface area contributed by atoms with Crippen LogP contribution >= 0.6 is 11.8 Å². The smallest absolute Gasteiger partial charge is 0.317 e. The molecular weight excluding hydrogens is 364 g/mol. The van der Waals surface area contributed by atoms with Crippen molar-refractivity contribution >= 4 is 23.6 Å². The van der Waals surface area contributed by atoms with Crippen LogP contribution in [0.15, 0.2) is 35.5 Å². The molecule has 1 saturated carbocycles. The van der Waals surface area contributed by atoms with Gasteiger partial charge in [-0.1, -0.05) is 42.1 Å². The van der Waals surface area contributed by atoms with E-state index in [1.807, 2.05) is 25.1 Å². The zero-order chi connectivity index (χ0) is 19.2. The molecule has 3 rings (SSSR count). The Hall–Kier alpha value is -2.35. The summed E-state index contributed by atoms with van der Waals surface area (Å²) in [6.07, 6.45) is 1.45. The summed E-state index contributed by atoms with van der Waals surface area (Å²) in [7, 11) is 0. The molecule has 1 fully saturated rings. The first kappa shape index (κ1) is 19.4. The maximum atomic E-state index is 12.1. The Balaban J connectivity index is 1.63. The summed E-state index contributed by atoms with van der Waals surface area (Å²) in [4.78, 5) is 23.8. The summed E-state index contributed by atoms with van der Waals surface area (Å²) < 4.78 is 7.26. The third-order valence-electron chi connectivity index (χ3n) is 4.22. The molecule has 0 aliphatic heterocycles.